The molecule has 3 heterocycles. The number of nitrogens with zero attached hydrogens (tertiary/aromatic N) is 4. The SMILES string of the molecule is [B]=P12N(C)CCN(CCN1C)CCN2C. The van der Waals surface area contributed by atoms with Gasteiger partial charge in [0.05, 0.1) is 0 Å². The summed E-state index contributed by atoms with van der Waals surface area (Å²) in [5, 5.41) is 0. The normalized spacial score (nSPS) is 41.1. The molecule has 4 nitrogen and oxygen atoms in total. The maximum absolute atomic E-state index is 6.66. The van der Waals surface area contributed by atoms with Gasteiger partial charge in [-0.15, -0.1) is 0 Å². The monoisotopic (exact) mass is 227 g/mol. The zero-order chi connectivity index (χ0) is 11.1. The number of hydrogen-bond donors (Lipinski definition) is 0. The van der Waals surface area contributed by atoms with E-state index in [1.54, 1.807) is 0 Å². The molecule has 0 aromatic heterocycles. The van der Waals surface area contributed by atoms with E-state index in [1.807, 2.05) is 0 Å². The second kappa shape index (κ2) is 4.30. The number of rotatable bonds is 0. The van der Waals surface area contributed by atoms with E-state index in [0.29, 0.717) is 0 Å². The summed E-state index contributed by atoms with van der Waals surface area (Å²) >= 11 is 0. The maximum atomic E-state index is 6.66. The molecule has 0 N–H and O–H groups in total. The average Bonchev–Trinajstić information content (AvgIpc) is 2.22. The van der Waals surface area contributed by atoms with Gasteiger partial charge < -0.3 is 0 Å². The molecule has 0 unspecified atom stereocenters. The first kappa shape index (κ1) is 11.8. The molecule has 3 fully saturated rings. The van der Waals surface area contributed by atoms with Crippen LogP contribution in [0.3, 0.4) is 0 Å². The van der Waals surface area contributed by atoms with Crippen LogP contribution in [0.4, 0.5) is 0 Å². The van der Waals surface area contributed by atoms with Gasteiger partial charge in [-0.2, -0.15) is 0 Å². The van der Waals surface area contributed by atoms with Crippen molar-refractivity contribution in [2.45, 2.75) is 0 Å². The molecule has 0 atom stereocenters. The molecular formula is C9H21BN4P. The summed E-state index contributed by atoms with van der Waals surface area (Å²) in [4.78, 5) is 2.53. The van der Waals surface area contributed by atoms with Crippen molar-refractivity contribution in [3.05, 3.63) is 0 Å². The summed E-state index contributed by atoms with van der Waals surface area (Å²) < 4.78 is 7.08. The van der Waals surface area contributed by atoms with Gasteiger partial charge in [0.1, 0.15) is 0 Å². The molecule has 0 aromatic rings. The van der Waals surface area contributed by atoms with Crippen molar-refractivity contribution < 1.29 is 0 Å². The topological polar surface area (TPSA) is 13.0 Å². The molecule has 15 heavy (non-hydrogen) atoms. The van der Waals surface area contributed by atoms with Crippen LogP contribution in [0.15, 0.2) is 0 Å². The fourth-order valence-electron chi connectivity index (χ4n) is 2.42. The summed E-state index contributed by atoms with van der Waals surface area (Å²) in [6.07, 6.45) is 0. The second-order valence-corrected chi connectivity index (χ2v) is 7.88. The Hall–Kier alpha value is 0.335. The summed E-state index contributed by atoms with van der Waals surface area (Å²) in [6, 6.07) is 0. The fraction of sp³-hybridized carbons (Fsp3) is 1.00. The molecule has 1 radical (unpaired) electrons. The standard InChI is InChI=1S/C9H21BN4P/c1-11-4-7-14-8-5-12(2)15(11,10)13(3)6-9-14/h4-9H2,1-3H3. The van der Waals surface area contributed by atoms with Crippen molar-refractivity contribution in [3.63, 3.8) is 0 Å². The minimum absolute atomic E-state index is 1.08. The van der Waals surface area contributed by atoms with E-state index in [0.717, 1.165) is 39.3 Å². The van der Waals surface area contributed by atoms with Crippen LogP contribution in [0.1, 0.15) is 0 Å². The molecule has 2 bridgehead atoms. The molecule has 3 saturated heterocycles. The number of fused-ring (bicyclic) bond motifs is 6. The van der Waals surface area contributed by atoms with Crippen LogP contribution in [0, 0.1) is 0 Å². The molecule has 0 amide bonds. The average molecular weight is 227 g/mol. The van der Waals surface area contributed by atoms with Gasteiger partial charge in [-0.3, -0.25) is 0 Å². The fourth-order valence-corrected chi connectivity index (χ4v) is 5.13. The van der Waals surface area contributed by atoms with Crippen molar-refractivity contribution in [1.29, 1.82) is 0 Å². The van der Waals surface area contributed by atoms with E-state index >= 15 is 0 Å². The molecule has 0 aliphatic carbocycles. The van der Waals surface area contributed by atoms with E-state index in [4.69, 9.17) is 7.18 Å². The van der Waals surface area contributed by atoms with E-state index in [-0.39, 0.29) is 0 Å². The Labute approximate surface area is 94.3 Å². The van der Waals surface area contributed by atoms with E-state index in [1.165, 1.54) is 0 Å². The molecule has 0 saturated carbocycles. The zero-order valence-electron chi connectivity index (χ0n) is 10.1. The number of likely N-dealkylation sites (N-methyl/N-ethyl adjacent to an activating group) is 3. The molecular weight excluding hydrogens is 206 g/mol. The second-order valence-electron chi connectivity index (χ2n) is 4.60. The first-order valence-electron chi connectivity index (χ1n) is 5.60. The van der Waals surface area contributed by atoms with E-state index < -0.39 is 7.21 Å². The third-order valence-electron chi connectivity index (χ3n) is 3.73. The quantitative estimate of drug-likeness (QED) is 0.425. The summed E-state index contributed by atoms with van der Waals surface area (Å²) in [5.41, 5.74) is 0. The first-order chi connectivity index (χ1) is 7.05. The van der Waals surface area contributed by atoms with Crippen molar-refractivity contribution in [2.75, 3.05) is 60.4 Å². The Morgan fingerprint density at radius 2 is 1.07 bits per heavy atom. The van der Waals surface area contributed by atoms with Crippen LogP contribution in [0.25, 0.3) is 0 Å². The predicted molar refractivity (Wildman–Crippen MR) is 67.0 cm³/mol. The van der Waals surface area contributed by atoms with Gasteiger partial charge in [-0.25, -0.2) is 0 Å². The zero-order valence-corrected chi connectivity index (χ0v) is 11.0. The summed E-state index contributed by atoms with van der Waals surface area (Å²) in [5.74, 6) is 0. The molecule has 0 spiro atoms. The van der Waals surface area contributed by atoms with Crippen molar-refractivity contribution >= 4 is 14.4 Å². The van der Waals surface area contributed by atoms with Crippen molar-refractivity contribution in [2.24, 2.45) is 0 Å². The third kappa shape index (κ3) is 1.96. The Kier molecular flexibility index (Phi) is 3.39. The van der Waals surface area contributed by atoms with Crippen LogP contribution in [0.5, 0.6) is 0 Å². The molecule has 3 aliphatic rings. The van der Waals surface area contributed by atoms with Gasteiger partial charge in [0, 0.05) is 0 Å². The predicted octanol–water partition coefficient (Wildman–Crippen LogP) is -0.0429. The Morgan fingerprint density at radius 1 is 0.733 bits per heavy atom. The van der Waals surface area contributed by atoms with Gasteiger partial charge in [-0.05, 0) is 0 Å². The molecule has 6 heteroatoms. The van der Waals surface area contributed by atoms with E-state index in [9.17, 15) is 0 Å². The van der Waals surface area contributed by atoms with Gasteiger partial charge in [-0.1, -0.05) is 0 Å². The van der Waals surface area contributed by atoms with Gasteiger partial charge in [0.15, 0.2) is 0 Å². The van der Waals surface area contributed by atoms with Crippen LogP contribution in [-0.2, 0) is 0 Å². The third-order valence-corrected chi connectivity index (χ3v) is 7.34. The van der Waals surface area contributed by atoms with Crippen LogP contribution in [-0.4, -0.2) is 86.5 Å². The first-order valence-corrected chi connectivity index (χ1v) is 7.31. The molecule has 85 valence electrons. The number of hydrogen-bond acceptors (Lipinski definition) is 4. The minimum atomic E-state index is -1.70. The van der Waals surface area contributed by atoms with Crippen molar-refractivity contribution in [3.8, 4) is 0 Å². The summed E-state index contributed by atoms with van der Waals surface area (Å²) in [7, 11) is 11.5. The van der Waals surface area contributed by atoms with Crippen LogP contribution in [0.2, 0.25) is 0 Å². The van der Waals surface area contributed by atoms with Crippen LogP contribution >= 0.6 is 7.21 Å². The Balaban J connectivity index is 2.34. The van der Waals surface area contributed by atoms with Crippen molar-refractivity contribution in [1.82, 2.24) is 18.9 Å². The summed E-state index contributed by atoms with van der Waals surface area (Å²) in [6.45, 7) is 6.74. The molecule has 0 aromatic carbocycles. The van der Waals surface area contributed by atoms with E-state index in [2.05, 4.69) is 40.1 Å². The van der Waals surface area contributed by atoms with Gasteiger partial charge in [0.25, 0.3) is 0 Å². The van der Waals surface area contributed by atoms with Gasteiger partial charge >= 0.3 is 93.7 Å². The Morgan fingerprint density at radius 3 is 1.40 bits per heavy atom. The molecule has 3 rings (SSSR count). The van der Waals surface area contributed by atoms with Crippen LogP contribution < -0.4 is 0 Å². The molecule has 3 aliphatic heterocycles. The van der Waals surface area contributed by atoms with Gasteiger partial charge in [0.2, 0.25) is 0 Å². The Bertz CT molecular complexity index is 242.